The van der Waals surface area contributed by atoms with E-state index in [0.29, 0.717) is 0 Å². The van der Waals surface area contributed by atoms with E-state index in [9.17, 15) is 9.59 Å². The average Bonchev–Trinajstić information content (AvgIpc) is 3.17. The lowest BCUT2D eigenvalue weighted by Crippen LogP contribution is -2.49. The van der Waals surface area contributed by atoms with Gasteiger partial charge in [-0.25, -0.2) is 0 Å². The first-order valence-corrected chi connectivity index (χ1v) is 6.74. The molecule has 2 atom stereocenters. The molecule has 1 aliphatic heterocycles. The Morgan fingerprint density at radius 1 is 1.39 bits per heavy atom. The molecule has 2 rings (SSSR count). The van der Waals surface area contributed by atoms with Gasteiger partial charge in [0.1, 0.15) is 6.54 Å². The lowest BCUT2D eigenvalue weighted by atomic mass is 10.0. The Kier molecular flexibility index (Phi) is 4.22. The Morgan fingerprint density at radius 2 is 2.11 bits per heavy atom. The summed E-state index contributed by atoms with van der Waals surface area (Å²) in [5.74, 6) is 0.277. The van der Waals surface area contributed by atoms with Gasteiger partial charge in [0.15, 0.2) is 0 Å². The number of ether oxygens (including phenoxy) is 1. The number of esters is 1. The molecule has 0 bridgehead atoms. The van der Waals surface area contributed by atoms with E-state index in [1.165, 1.54) is 20.0 Å². The number of methoxy groups -OCH3 is 1. The molecular formula is C13H22N2O3. The minimum atomic E-state index is -0.459. The average molecular weight is 254 g/mol. The van der Waals surface area contributed by atoms with Crippen LogP contribution in [0.5, 0.6) is 0 Å². The molecule has 0 aromatic carbocycles. The third-order valence-electron chi connectivity index (χ3n) is 3.92. The summed E-state index contributed by atoms with van der Waals surface area (Å²) in [6, 6.07) is -0.295. The molecular weight excluding hydrogens is 232 g/mol. The molecule has 5 heteroatoms. The molecule has 5 nitrogen and oxygen atoms in total. The largest absolute Gasteiger partial charge is 0.468 e. The summed E-state index contributed by atoms with van der Waals surface area (Å²) in [7, 11) is 1.35. The zero-order valence-electron chi connectivity index (χ0n) is 10.9. The second kappa shape index (κ2) is 5.69. The Bertz CT molecular complexity index is 328. The second-order valence-corrected chi connectivity index (χ2v) is 5.41. The molecule has 18 heavy (non-hydrogen) atoms. The van der Waals surface area contributed by atoms with Crippen LogP contribution in [-0.4, -0.2) is 42.5 Å². The van der Waals surface area contributed by atoms with Gasteiger partial charge in [-0.05, 0) is 31.6 Å². The molecule has 102 valence electrons. The highest BCUT2D eigenvalue weighted by Crippen LogP contribution is 2.36. The summed E-state index contributed by atoms with van der Waals surface area (Å²) in [6.07, 6.45) is 6.15. The van der Waals surface area contributed by atoms with Crippen LogP contribution in [-0.2, 0) is 14.3 Å². The van der Waals surface area contributed by atoms with E-state index in [2.05, 4.69) is 4.74 Å². The summed E-state index contributed by atoms with van der Waals surface area (Å²) in [6.45, 7) is 0.0421. The standard InChI is InChI=1S/C13H22N2O3/c1-18-12(16)8-15-10(7-9-5-6-9)3-2-4-11(14)13(15)17/h9-11H,2-8,14H2,1H3/t10-,11+/m1/s1. The first kappa shape index (κ1) is 13.3. The highest BCUT2D eigenvalue weighted by Gasteiger charge is 2.35. The number of nitrogens with zero attached hydrogens (tertiary/aromatic N) is 1. The normalized spacial score (nSPS) is 29.0. The predicted octanol–water partition coefficient (Wildman–Crippen LogP) is 0.668. The van der Waals surface area contributed by atoms with Gasteiger partial charge < -0.3 is 15.4 Å². The quantitative estimate of drug-likeness (QED) is 0.748. The maximum absolute atomic E-state index is 12.2. The van der Waals surface area contributed by atoms with Crippen molar-refractivity contribution in [3.63, 3.8) is 0 Å². The fourth-order valence-corrected chi connectivity index (χ4v) is 2.64. The summed E-state index contributed by atoms with van der Waals surface area (Å²) < 4.78 is 4.67. The van der Waals surface area contributed by atoms with Crippen molar-refractivity contribution >= 4 is 11.9 Å². The zero-order valence-corrected chi connectivity index (χ0v) is 10.9. The molecule has 2 aliphatic rings. The molecule has 1 amide bonds. The summed E-state index contributed by atoms with van der Waals surface area (Å²) in [5, 5.41) is 0. The number of likely N-dealkylation sites (tertiary alicyclic amines) is 1. The number of rotatable bonds is 4. The van der Waals surface area contributed by atoms with Crippen molar-refractivity contribution in [1.82, 2.24) is 4.90 Å². The number of carbonyl (C=O) groups is 2. The van der Waals surface area contributed by atoms with Crippen LogP contribution in [0.3, 0.4) is 0 Å². The molecule has 2 fully saturated rings. The number of nitrogens with two attached hydrogens (primary N) is 1. The lowest BCUT2D eigenvalue weighted by molar-refractivity contribution is -0.149. The maximum atomic E-state index is 12.2. The van der Waals surface area contributed by atoms with Crippen molar-refractivity contribution in [3.8, 4) is 0 Å². The fourth-order valence-electron chi connectivity index (χ4n) is 2.64. The van der Waals surface area contributed by atoms with Gasteiger partial charge >= 0.3 is 5.97 Å². The van der Waals surface area contributed by atoms with Crippen molar-refractivity contribution in [2.24, 2.45) is 11.7 Å². The first-order chi connectivity index (χ1) is 8.61. The molecule has 1 saturated carbocycles. The third kappa shape index (κ3) is 3.22. The van der Waals surface area contributed by atoms with E-state index in [1.54, 1.807) is 4.90 Å². The van der Waals surface area contributed by atoms with Gasteiger partial charge in [0.2, 0.25) is 5.91 Å². The van der Waals surface area contributed by atoms with E-state index >= 15 is 0 Å². The SMILES string of the molecule is COC(=O)CN1C(=O)[C@@H](N)CCC[C@@H]1CC1CC1. The van der Waals surface area contributed by atoms with Crippen LogP contribution in [0.4, 0.5) is 0 Å². The van der Waals surface area contributed by atoms with Crippen LogP contribution in [0.25, 0.3) is 0 Å². The highest BCUT2D eigenvalue weighted by molar-refractivity contribution is 5.86. The van der Waals surface area contributed by atoms with Gasteiger partial charge in [-0.15, -0.1) is 0 Å². The van der Waals surface area contributed by atoms with Crippen molar-refractivity contribution in [2.75, 3.05) is 13.7 Å². The van der Waals surface area contributed by atoms with Crippen molar-refractivity contribution in [3.05, 3.63) is 0 Å². The van der Waals surface area contributed by atoms with Crippen LogP contribution in [0.1, 0.15) is 38.5 Å². The smallest absolute Gasteiger partial charge is 0.325 e. The van der Waals surface area contributed by atoms with E-state index in [0.717, 1.165) is 31.6 Å². The van der Waals surface area contributed by atoms with E-state index in [1.807, 2.05) is 0 Å². The molecule has 0 unspecified atom stereocenters. The van der Waals surface area contributed by atoms with Crippen molar-refractivity contribution in [2.45, 2.75) is 50.6 Å². The molecule has 0 spiro atoms. The number of hydrogen-bond donors (Lipinski definition) is 1. The number of amides is 1. The van der Waals surface area contributed by atoms with Crippen molar-refractivity contribution in [1.29, 1.82) is 0 Å². The predicted molar refractivity (Wildman–Crippen MR) is 66.7 cm³/mol. The van der Waals surface area contributed by atoms with Crippen LogP contribution >= 0.6 is 0 Å². The minimum Gasteiger partial charge on any atom is -0.468 e. The molecule has 2 N–H and O–H groups in total. The maximum Gasteiger partial charge on any atom is 0.325 e. The monoisotopic (exact) mass is 254 g/mol. The van der Waals surface area contributed by atoms with Gasteiger partial charge in [-0.3, -0.25) is 9.59 Å². The topological polar surface area (TPSA) is 72.6 Å². The minimum absolute atomic E-state index is 0.0421. The fraction of sp³-hybridized carbons (Fsp3) is 0.846. The Labute approximate surface area is 108 Å². The summed E-state index contributed by atoms with van der Waals surface area (Å²) in [5.41, 5.74) is 5.85. The van der Waals surface area contributed by atoms with Crippen LogP contribution in [0.2, 0.25) is 0 Å². The van der Waals surface area contributed by atoms with Gasteiger partial charge in [-0.2, -0.15) is 0 Å². The number of carbonyl (C=O) groups excluding carboxylic acids is 2. The lowest BCUT2D eigenvalue weighted by Gasteiger charge is -2.30. The highest BCUT2D eigenvalue weighted by atomic mass is 16.5. The first-order valence-electron chi connectivity index (χ1n) is 6.74. The van der Waals surface area contributed by atoms with Gasteiger partial charge in [-0.1, -0.05) is 12.8 Å². The molecule has 0 aromatic heterocycles. The van der Waals surface area contributed by atoms with Crippen LogP contribution in [0, 0.1) is 5.92 Å². The van der Waals surface area contributed by atoms with Gasteiger partial charge in [0.25, 0.3) is 0 Å². The van der Waals surface area contributed by atoms with E-state index in [4.69, 9.17) is 5.73 Å². The van der Waals surface area contributed by atoms with Crippen LogP contribution < -0.4 is 5.73 Å². The van der Waals surface area contributed by atoms with E-state index < -0.39 is 6.04 Å². The van der Waals surface area contributed by atoms with Crippen molar-refractivity contribution < 1.29 is 14.3 Å². The Hall–Kier alpha value is -1.10. The van der Waals surface area contributed by atoms with E-state index in [-0.39, 0.29) is 24.5 Å². The third-order valence-corrected chi connectivity index (χ3v) is 3.92. The van der Waals surface area contributed by atoms with Crippen LogP contribution in [0.15, 0.2) is 0 Å². The number of hydrogen-bond acceptors (Lipinski definition) is 4. The molecule has 1 aliphatic carbocycles. The Morgan fingerprint density at radius 3 is 2.72 bits per heavy atom. The summed E-state index contributed by atoms with van der Waals surface area (Å²) >= 11 is 0. The molecule has 1 saturated heterocycles. The summed E-state index contributed by atoms with van der Waals surface area (Å²) in [4.78, 5) is 25.3. The molecule has 0 aromatic rings. The molecule has 1 heterocycles. The zero-order chi connectivity index (χ0) is 13.1. The molecule has 0 radical (unpaired) electrons. The van der Waals surface area contributed by atoms with Gasteiger partial charge in [0.05, 0.1) is 13.2 Å². The second-order valence-electron chi connectivity index (χ2n) is 5.41. The Balaban J connectivity index is 2.06. The van der Waals surface area contributed by atoms with Gasteiger partial charge in [0, 0.05) is 6.04 Å².